The highest BCUT2D eigenvalue weighted by atomic mass is 127. The van der Waals surface area contributed by atoms with E-state index in [4.69, 9.17) is 11.6 Å². The zero-order valence-corrected chi connectivity index (χ0v) is 9.72. The van der Waals surface area contributed by atoms with Crippen LogP contribution in [0.3, 0.4) is 0 Å². The van der Waals surface area contributed by atoms with E-state index in [9.17, 15) is 23.3 Å². The summed E-state index contributed by atoms with van der Waals surface area (Å²) in [5, 5.41) is 9.72. The van der Waals surface area contributed by atoms with E-state index in [0.717, 1.165) is 0 Å². The smallest absolute Gasteiger partial charge is 0.258 e. The van der Waals surface area contributed by atoms with Crippen LogP contribution >= 0.6 is 34.2 Å². The first kappa shape index (κ1) is 12.5. The average Bonchev–Trinajstić information content (AvgIpc) is 2.06. The molecule has 0 saturated carbocycles. The molecule has 8 heteroatoms. The van der Waals surface area contributed by atoms with Crippen LogP contribution in [0.25, 0.3) is 0 Å². The zero-order valence-electron chi connectivity index (χ0n) is 6.81. The van der Waals surface area contributed by atoms with Crippen molar-refractivity contribution in [2.45, 2.75) is 6.18 Å². The summed E-state index contributed by atoms with van der Waals surface area (Å²) in [5.41, 5.74) is -1.51. The molecule has 1 rings (SSSR count). The highest BCUT2D eigenvalue weighted by Crippen LogP contribution is 2.38. The summed E-state index contributed by atoms with van der Waals surface area (Å²) < 4.78 is 36.8. The van der Waals surface area contributed by atoms with Gasteiger partial charge in [-0.1, -0.05) is 11.6 Å². The van der Waals surface area contributed by atoms with E-state index < -0.39 is 27.4 Å². The predicted octanol–water partition coefficient (Wildman–Crippen LogP) is 3.87. The molecule has 0 saturated heterocycles. The molecule has 0 heterocycles. The van der Waals surface area contributed by atoms with Gasteiger partial charge in [0.2, 0.25) is 0 Å². The second-order valence-corrected chi connectivity index (χ2v) is 4.11. The summed E-state index contributed by atoms with van der Waals surface area (Å²) in [6, 6.07) is 1.35. The fourth-order valence-electron chi connectivity index (χ4n) is 0.893. The van der Waals surface area contributed by atoms with Gasteiger partial charge in [0.05, 0.1) is 19.1 Å². The number of halogens is 5. The summed E-state index contributed by atoms with van der Waals surface area (Å²) in [6.45, 7) is 0. The Hall–Kier alpha value is -0.570. The molecule has 0 atom stereocenters. The van der Waals surface area contributed by atoms with Crippen molar-refractivity contribution >= 4 is 39.9 Å². The van der Waals surface area contributed by atoms with Crippen LogP contribution in [0.4, 0.5) is 18.9 Å². The zero-order chi connectivity index (χ0) is 11.8. The Bertz CT molecular complexity index is 421. The van der Waals surface area contributed by atoms with Crippen molar-refractivity contribution in [3.8, 4) is 0 Å². The lowest BCUT2D eigenvalue weighted by Crippen LogP contribution is -2.07. The minimum atomic E-state index is -4.61. The van der Waals surface area contributed by atoms with E-state index in [2.05, 4.69) is 0 Å². The van der Waals surface area contributed by atoms with E-state index in [1.54, 1.807) is 0 Å². The first-order valence-corrected chi connectivity index (χ1v) is 4.90. The normalized spacial score (nSPS) is 11.5. The molecule has 15 heavy (non-hydrogen) atoms. The van der Waals surface area contributed by atoms with Crippen molar-refractivity contribution < 1.29 is 18.1 Å². The quantitative estimate of drug-likeness (QED) is 0.438. The summed E-state index contributed by atoms with van der Waals surface area (Å²) in [7, 11) is 0. The molecule has 3 nitrogen and oxygen atoms in total. The van der Waals surface area contributed by atoms with Crippen LogP contribution in [0, 0.1) is 13.7 Å². The highest BCUT2D eigenvalue weighted by Gasteiger charge is 2.35. The van der Waals surface area contributed by atoms with Crippen molar-refractivity contribution in [1.82, 2.24) is 0 Å². The molecule has 0 fully saturated rings. The lowest BCUT2D eigenvalue weighted by atomic mass is 10.2. The van der Waals surface area contributed by atoms with Gasteiger partial charge in [-0.05, 0) is 28.7 Å². The molecule has 0 aromatic heterocycles. The number of hydrogen-bond donors (Lipinski definition) is 0. The fourth-order valence-corrected chi connectivity index (χ4v) is 1.82. The van der Waals surface area contributed by atoms with Crippen molar-refractivity contribution in [2.24, 2.45) is 0 Å². The Balaban J connectivity index is 3.39. The van der Waals surface area contributed by atoms with Gasteiger partial charge in [0.25, 0.3) is 5.69 Å². The molecule has 82 valence electrons. The topological polar surface area (TPSA) is 43.1 Å². The van der Waals surface area contributed by atoms with Crippen molar-refractivity contribution in [1.29, 1.82) is 0 Å². The van der Waals surface area contributed by atoms with Gasteiger partial charge in [0.15, 0.2) is 0 Å². The number of benzene rings is 1. The van der Waals surface area contributed by atoms with E-state index in [-0.39, 0.29) is 3.57 Å². The second kappa shape index (κ2) is 4.12. The standard InChI is InChI=1S/C7H2ClF3INO2/c8-4-2-6(13(14)15)5(12)1-3(4)7(9,10)11/h1-2H. The molecular weight excluding hydrogens is 349 g/mol. The predicted molar refractivity (Wildman–Crippen MR) is 55.8 cm³/mol. The maximum atomic E-state index is 12.3. The van der Waals surface area contributed by atoms with Gasteiger partial charge in [-0.15, -0.1) is 0 Å². The van der Waals surface area contributed by atoms with Gasteiger partial charge in [-0.2, -0.15) is 13.2 Å². The van der Waals surface area contributed by atoms with Crippen molar-refractivity contribution in [3.63, 3.8) is 0 Å². The molecule has 0 unspecified atom stereocenters. The SMILES string of the molecule is O=[N+]([O-])c1cc(Cl)c(C(F)(F)F)cc1I. The molecule has 0 amide bonds. The van der Waals surface area contributed by atoms with Crippen molar-refractivity contribution in [3.05, 3.63) is 36.4 Å². The monoisotopic (exact) mass is 351 g/mol. The summed E-state index contributed by atoms with van der Waals surface area (Å²) >= 11 is 6.76. The van der Waals surface area contributed by atoms with Crippen LogP contribution in [0.5, 0.6) is 0 Å². The first-order valence-electron chi connectivity index (χ1n) is 3.44. The number of rotatable bonds is 1. The first-order chi connectivity index (χ1) is 6.73. The van der Waals surface area contributed by atoms with Crippen LogP contribution < -0.4 is 0 Å². The van der Waals surface area contributed by atoms with Crippen LogP contribution in [0.15, 0.2) is 12.1 Å². The molecule has 1 aromatic carbocycles. The van der Waals surface area contributed by atoms with Gasteiger partial charge in [-0.25, -0.2) is 0 Å². The van der Waals surface area contributed by atoms with E-state index >= 15 is 0 Å². The van der Waals surface area contributed by atoms with Gasteiger partial charge in [-0.3, -0.25) is 10.1 Å². The third kappa shape index (κ3) is 2.71. The Morgan fingerprint density at radius 1 is 1.40 bits per heavy atom. The maximum Gasteiger partial charge on any atom is 0.417 e. The Morgan fingerprint density at radius 3 is 2.33 bits per heavy atom. The molecular formula is C7H2ClF3INO2. The Kier molecular flexibility index (Phi) is 3.44. The lowest BCUT2D eigenvalue weighted by Gasteiger charge is -2.09. The highest BCUT2D eigenvalue weighted by molar-refractivity contribution is 14.1. The maximum absolute atomic E-state index is 12.3. The van der Waals surface area contributed by atoms with Gasteiger partial charge in [0, 0.05) is 6.07 Å². The van der Waals surface area contributed by atoms with Crippen molar-refractivity contribution in [2.75, 3.05) is 0 Å². The third-order valence-corrected chi connectivity index (χ3v) is 2.72. The lowest BCUT2D eigenvalue weighted by molar-refractivity contribution is -0.385. The summed E-state index contributed by atoms with van der Waals surface area (Å²) in [5.74, 6) is 0. The van der Waals surface area contributed by atoms with Crippen LogP contribution in [0.2, 0.25) is 5.02 Å². The Labute approximate surface area is 101 Å². The number of nitro benzene ring substituents is 1. The van der Waals surface area contributed by atoms with E-state index in [1.807, 2.05) is 0 Å². The fraction of sp³-hybridized carbons (Fsp3) is 0.143. The molecule has 0 bridgehead atoms. The molecule has 0 aliphatic rings. The van der Waals surface area contributed by atoms with E-state index in [1.165, 1.54) is 22.6 Å². The molecule has 0 aliphatic carbocycles. The molecule has 0 radical (unpaired) electrons. The summed E-state index contributed by atoms with van der Waals surface area (Å²) in [4.78, 5) is 9.61. The summed E-state index contributed by atoms with van der Waals surface area (Å²) in [6.07, 6.45) is -4.61. The number of hydrogen-bond acceptors (Lipinski definition) is 2. The van der Waals surface area contributed by atoms with Crippen LogP contribution in [0.1, 0.15) is 5.56 Å². The second-order valence-electron chi connectivity index (χ2n) is 2.54. The molecule has 0 aliphatic heterocycles. The largest absolute Gasteiger partial charge is 0.417 e. The van der Waals surface area contributed by atoms with Gasteiger partial charge in [0.1, 0.15) is 0 Å². The minimum absolute atomic E-state index is 0.102. The number of nitrogens with zero attached hydrogens (tertiary/aromatic N) is 1. The number of alkyl halides is 3. The van der Waals surface area contributed by atoms with E-state index in [0.29, 0.717) is 12.1 Å². The molecule has 1 aromatic rings. The average molecular weight is 351 g/mol. The van der Waals surface area contributed by atoms with Gasteiger partial charge < -0.3 is 0 Å². The third-order valence-electron chi connectivity index (χ3n) is 1.54. The van der Waals surface area contributed by atoms with Gasteiger partial charge >= 0.3 is 6.18 Å². The Morgan fingerprint density at radius 2 is 1.93 bits per heavy atom. The number of nitro groups is 1. The molecule has 0 spiro atoms. The molecule has 0 N–H and O–H groups in total. The van der Waals surface area contributed by atoms with Crippen LogP contribution in [-0.4, -0.2) is 4.92 Å². The van der Waals surface area contributed by atoms with Crippen LogP contribution in [-0.2, 0) is 6.18 Å². The minimum Gasteiger partial charge on any atom is -0.258 e.